The molecule has 78 valence electrons. The van der Waals surface area contributed by atoms with Crippen molar-refractivity contribution in [3.63, 3.8) is 0 Å². The molecule has 0 fully saturated rings. The Labute approximate surface area is 84.6 Å². The van der Waals surface area contributed by atoms with Gasteiger partial charge in [0.1, 0.15) is 5.82 Å². The van der Waals surface area contributed by atoms with Crippen LogP contribution in [0.2, 0.25) is 0 Å². The first-order chi connectivity index (χ1) is 6.69. The van der Waals surface area contributed by atoms with E-state index < -0.39 is 0 Å². The number of aliphatic hydroxyl groups excluding tert-OH is 1. The molecule has 2 atom stereocenters. The number of hydrogen-bond acceptors (Lipinski definition) is 1. The second-order valence-electron chi connectivity index (χ2n) is 3.55. The molecule has 1 aromatic carbocycles. The molecule has 0 radical (unpaired) electrons. The Morgan fingerprint density at radius 1 is 1.29 bits per heavy atom. The number of rotatable bonds is 4. The van der Waals surface area contributed by atoms with Crippen LogP contribution in [-0.4, -0.2) is 11.2 Å². The van der Waals surface area contributed by atoms with Crippen molar-refractivity contribution in [2.45, 2.75) is 38.7 Å². The predicted molar refractivity (Wildman–Crippen MR) is 55.7 cm³/mol. The zero-order valence-corrected chi connectivity index (χ0v) is 8.70. The van der Waals surface area contributed by atoms with E-state index in [4.69, 9.17) is 0 Å². The molecule has 0 spiro atoms. The monoisotopic (exact) mass is 196 g/mol. The van der Waals surface area contributed by atoms with Crippen molar-refractivity contribution in [1.82, 2.24) is 0 Å². The smallest absolute Gasteiger partial charge is 0.123 e. The van der Waals surface area contributed by atoms with Crippen molar-refractivity contribution in [2.75, 3.05) is 0 Å². The van der Waals surface area contributed by atoms with Crippen LogP contribution in [0.4, 0.5) is 4.39 Å². The molecule has 0 aromatic heterocycles. The highest BCUT2D eigenvalue weighted by atomic mass is 19.1. The van der Waals surface area contributed by atoms with Gasteiger partial charge in [0.2, 0.25) is 0 Å². The molecule has 2 unspecified atom stereocenters. The minimum Gasteiger partial charge on any atom is -0.393 e. The summed E-state index contributed by atoms with van der Waals surface area (Å²) in [6.07, 6.45) is 1.16. The third-order valence-corrected chi connectivity index (χ3v) is 2.60. The molecule has 1 aromatic rings. The lowest BCUT2D eigenvalue weighted by molar-refractivity contribution is 0.136. The van der Waals surface area contributed by atoms with E-state index >= 15 is 0 Å². The predicted octanol–water partition coefficient (Wildman–Crippen LogP) is 3.09. The third-order valence-electron chi connectivity index (χ3n) is 2.60. The molecule has 0 aliphatic rings. The largest absolute Gasteiger partial charge is 0.393 e. The van der Waals surface area contributed by atoms with Gasteiger partial charge in [0.15, 0.2) is 0 Å². The average molecular weight is 196 g/mol. The number of aliphatic hydroxyl groups is 1. The van der Waals surface area contributed by atoms with E-state index in [-0.39, 0.29) is 17.8 Å². The van der Waals surface area contributed by atoms with Crippen LogP contribution in [0.25, 0.3) is 0 Å². The Hall–Kier alpha value is -0.890. The molecule has 1 nitrogen and oxygen atoms in total. The van der Waals surface area contributed by atoms with Crippen molar-refractivity contribution in [1.29, 1.82) is 0 Å². The molecule has 0 aliphatic heterocycles. The van der Waals surface area contributed by atoms with Gasteiger partial charge in [-0.3, -0.25) is 0 Å². The quantitative estimate of drug-likeness (QED) is 0.784. The van der Waals surface area contributed by atoms with Gasteiger partial charge in [0.05, 0.1) is 6.10 Å². The van der Waals surface area contributed by atoms with E-state index in [1.165, 1.54) is 12.1 Å². The molecule has 0 saturated heterocycles. The summed E-state index contributed by atoms with van der Waals surface area (Å²) in [6, 6.07) is 6.49. The first kappa shape index (κ1) is 11.2. The minimum absolute atomic E-state index is 0.0516. The highest BCUT2D eigenvalue weighted by Gasteiger charge is 2.17. The van der Waals surface area contributed by atoms with Gasteiger partial charge < -0.3 is 5.11 Å². The lowest BCUT2D eigenvalue weighted by Crippen LogP contribution is -2.16. The van der Waals surface area contributed by atoms with E-state index in [0.717, 1.165) is 12.0 Å². The van der Waals surface area contributed by atoms with Gasteiger partial charge in [-0.15, -0.1) is 0 Å². The van der Waals surface area contributed by atoms with Crippen LogP contribution in [0, 0.1) is 5.82 Å². The zero-order valence-electron chi connectivity index (χ0n) is 8.70. The summed E-state index contributed by atoms with van der Waals surface area (Å²) >= 11 is 0. The molecule has 0 heterocycles. The van der Waals surface area contributed by atoms with Gasteiger partial charge in [-0.05, 0) is 30.5 Å². The van der Waals surface area contributed by atoms with Crippen LogP contribution in [0.15, 0.2) is 24.3 Å². The Morgan fingerprint density at radius 3 is 2.50 bits per heavy atom. The maximum absolute atomic E-state index is 12.9. The van der Waals surface area contributed by atoms with Crippen LogP contribution >= 0.6 is 0 Å². The van der Waals surface area contributed by atoms with Gasteiger partial charge >= 0.3 is 0 Å². The van der Waals surface area contributed by atoms with Crippen molar-refractivity contribution in [2.24, 2.45) is 0 Å². The summed E-state index contributed by atoms with van der Waals surface area (Å²) in [4.78, 5) is 0. The third kappa shape index (κ3) is 2.55. The summed E-state index contributed by atoms with van der Waals surface area (Å²) in [6.45, 7) is 3.95. The Kier molecular flexibility index (Phi) is 4.08. The van der Waals surface area contributed by atoms with Crippen LogP contribution in [0.3, 0.4) is 0 Å². The van der Waals surface area contributed by atoms with Gasteiger partial charge in [-0.1, -0.05) is 26.0 Å². The highest BCUT2D eigenvalue weighted by molar-refractivity contribution is 5.21. The van der Waals surface area contributed by atoms with E-state index in [1.54, 1.807) is 6.07 Å². The number of halogens is 1. The maximum Gasteiger partial charge on any atom is 0.123 e. The van der Waals surface area contributed by atoms with E-state index in [2.05, 4.69) is 0 Å². The number of benzene rings is 1. The first-order valence-corrected chi connectivity index (χ1v) is 5.12. The Balaban J connectivity index is 2.89. The maximum atomic E-state index is 12.9. The fraction of sp³-hybridized carbons (Fsp3) is 0.500. The van der Waals surface area contributed by atoms with Gasteiger partial charge in [-0.25, -0.2) is 4.39 Å². The normalized spacial score (nSPS) is 15.1. The first-order valence-electron chi connectivity index (χ1n) is 5.12. The van der Waals surface area contributed by atoms with Crippen molar-refractivity contribution in [3.05, 3.63) is 35.6 Å². The molecule has 0 saturated carbocycles. The zero-order chi connectivity index (χ0) is 10.6. The van der Waals surface area contributed by atoms with Crippen molar-refractivity contribution < 1.29 is 9.50 Å². The fourth-order valence-corrected chi connectivity index (χ4v) is 1.75. The van der Waals surface area contributed by atoms with Crippen LogP contribution in [-0.2, 0) is 0 Å². The van der Waals surface area contributed by atoms with Gasteiger partial charge in [-0.2, -0.15) is 0 Å². The molecular formula is C12H17FO. The summed E-state index contributed by atoms with van der Waals surface area (Å²) in [5, 5.41) is 9.74. The standard InChI is InChI=1S/C12H17FO/c1-3-11(12(14)4-2)9-6-5-7-10(13)8-9/h5-8,11-12,14H,3-4H2,1-2H3. The Morgan fingerprint density at radius 2 is 2.00 bits per heavy atom. The van der Waals surface area contributed by atoms with Crippen LogP contribution in [0.1, 0.15) is 38.2 Å². The molecule has 2 heteroatoms. The topological polar surface area (TPSA) is 20.2 Å². The molecule has 0 bridgehead atoms. The van der Waals surface area contributed by atoms with Crippen LogP contribution < -0.4 is 0 Å². The minimum atomic E-state index is -0.373. The summed E-state index contributed by atoms with van der Waals surface area (Å²) < 4.78 is 12.9. The fourth-order valence-electron chi connectivity index (χ4n) is 1.75. The average Bonchev–Trinajstić information content (AvgIpc) is 2.19. The van der Waals surface area contributed by atoms with Gasteiger partial charge in [0, 0.05) is 5.92 Å². The second kappa shape index (κ2) is 5.11. The lowest BCUT2D eigenvalue weighted by Gasteiger charge is -2.20. The van der Waals surface area contributed by atoms with Crippen molar-refractivity contribution in [3.8, 4) is 0 Å². The summed E-state index contributed by atoms with van der Waals surface area (Å²) in [7, 11) is 0. The Bertz CT molecular complexity index is 285. The molecule has 1 N–H and O–H groups in total. The van der Waals surface area contributed by atoms with Gasteiger partial charge in [0.25, 0.3) is 0 Å². The molecular weight excluding hydrogens is 179 g/mol. The second-order valence-corrected chi connectivity index (χ2v) is 3.55. The molecule has 0 aliphatic carbocycles. The SMILES string of the molecule is CCC(O)C(CC)c1cccc(F)c1. The summed E-state index contributed by atoms with van der Waals surface area (Å²) in [5.41, 5.74) is 0.891. The van der Waals surface area contributed by atoms with Crippen LogP contribution in [0.5, 0.6) is 0 Å². The lowest BCUT2D eigenvalue weighted by atomic mass is 9.90. The molecule has 1 rings (SSSR count). The number of hydrogen-bond donors (Lipinski definition) is 1. The van der Waals surface area contributed by atoms with E-state index in [0.29, 0.717) is 6.42 Å². The van der Waals surface area contributed by atoms with Crippen molar-refractivity contribution >= 4 is 0 Å². The van der Waals surface area contributed by atoms with E-state index in [1.807, 2.05) is 19.9 Å². The molecule has 0 amide bonds. The summed E-state index contributed by atoms with van der Waals surface area (Å²) in [5.74, 6) is -0.181. The van der Waals surface area contributed by atoms with E-state index in [9.17, 15) is 9.50 Å². The molecule has 14 heavy (non-hydrogen) atoms. The highest BCUT2D eigenvalue weighted by Crippen LogP contribution is 2.25.